The number of methoxy groups -OCH3 is 1. The van der Waals surface area contributed by atoms with Crippen molar-refractivity contribution in [3.05, 3.63) is 87.7 Å². The van der Waals surface area contributed by atoms with Crippen LogP contribution in [0.3, 0.4) is 0 Å². The lowest BCUT2D eigenvalue weighted by Gasteiger charge is -2.10. The summed E-state index contributed by atoms with van der Waals surface area (Å²) in [5.74, 6) is 0.830. The molecule has 0 aliphatic rings. The van der Waals surface area contributed by atoms with Crippen molar-refractivity contribution in [1.29, 1.82) is 5.26 Å². The number of allylic oxidation sites excluding steroid dienone is 1. The Morgan fingerprint density at radius 1 is 1.11 bits per heavy atom. The van der Waals surface area contributed by atoms with E-state index in [0.29, 0.717) is 40.3 Å². The van der Waals surface area contributed by atoms with Crippen molar-refractivity contribution < 1.29 is 27.6 Å². The van der Waals surface area contributed by atoms with E-state index >= 15 is 0 Å². The minimum Gasteiger partial charge on any atom is -0.497 e. The molecule has 1 aromatic heterocycles. The van der Waals surface area contributed by atoms with E-state index in [1.807, 2.05) is 0 Å². The minimum atomic E-state index is -4.72. The molecule has 0 bridgehead atoms. The number of H-pyrrole nitrogens is 1. The quantitative estimate of drug-likeness (QED) is 0.195. The molecule has 8 nitrogen and oxygen atoms in total. The van der Waals surface area contributed by atoms with E-state index in [-0.39, 0.29) is 17.1 Å². The number of hydrogen-bond acceptors (Lipinski definition) is 6. The van der Waals surface area contributed by atoms with Crippen LogP contribution in [0, 0.1) is 21.4 Å². The Hall–Kier alpha value is -4.85. The van der Waals surface area contributed by atoms with Crippen LogP contribution in [0.5, 0.6) is 17.2 Å². The molecule has 0 amide bonds. The van der Waals surface area contributed by atoms with Crippen LogP contribution in [-0.4, -0.2) is 22.0 Å². The summed E-state index contributed by atoms with van der Waals surface area (Å²) in [7, 11) is 1.54. The Morgan fingerprint density at radius 3 is 2.46 bits per heavy atom. The second kappa shape index (κ2) is 9.18. The monoisotopic (exact) mass is 480 g/mol. The number of nitro groups is 1. The third-order valence-electron chi connectivity index (χ3n) is 4.97. The number of ether oxygens (including phenoxy) is 2. The third-order valence-corrected chi connectivity index (χ3v) is 4.97. The number of nitriles is 1. The van der Waals surface area contributed by atoms with E-state index in [1.54, 1.807) is 43.5 Å². The first-order chi connectivity index (χ1) is 16.7. The number of fused-ring (bicyclic) bond motifs is 1. The van der Waals surface area contributed by atoms with E-state index in [0.717, 1.165) is 6.07 Å². The van der Waals surface area contributed by atoms with Gasteiger partial charge >= 0.3 is 11.9 Å². The van der Waals surface area contributed by atoms with Crippen molar-refractivity contribution in [3.63, 3.8) is 0 Å². The van der Waals surface area contributed by atoms with Gasteiger partial charge in [0, 0.05) is 12.1 Å². The molecule has 0 unspecified atom stereocenters. The maximum atomic E-state index is 12.9. The number of nitrogens with one attached hydrogen (secondary N) is 1. The number of rotatable bonds is 6. The molecule has 4 rings (SSSR count). The number of benzene rings is 3. The number of hydrogen-bond donors (Lipinski definition) is 1. The molecule has 0 aliphatic carbocycles. The molecule has 176 valence electrons. The van der Waals surface area contributed by atoms with Crippen LogP contribution < -0.4 is 9.47 Å². The zero-order valence-electron chi connectivity index (χ0n) is 18.0. The summed E-state index contributed by atoms with van der Waals surface area (Å²) in [4.78, 5) is 17.8. The SMILES string of the molecule is COc1ccc2nc(/C(C#N)=C/c3ccc(Oc4ccc(C(F)(F)F)cc4[N+](=O)[O-])cc3)[nH]c2c1. The van der Waals surface area contributed by atoms with E-state index in [1.165, 1.54) is 12.1 Å². The summed E-state index contributed by atoms with van der Waals surface area (Å²) in [5.41, 5.74) is 0.259. The highest BCUT2D eigenvalue weighted by atomic mass is 19.4. The number of nitrogens with zero attached hydrogens (tertiary/aromatic N) is 3. The lowest BCUT2D eigenvalue weighted by molar-refractivity contribution is -0.385. The van der Waals surface area contributed by atoms with Crippen molar-refractivity contribution >= 4 is 28.4 Å². The van der Waals surface area contributed by atoms with Gasteiger partial charge in [0.25, 0.3) is 0 Å². The van der Waals surface area contributed by atoms with Gasteiger partial charge in [-0.15, -0.1) is 0 Å². The molecular formula is C24H15F3N4O4. The fourth-order valence-corrected chi connectivity index (χ4v) is 3.25. The number of aromatic nitrogens is 2. The van der Waals surface area contributed by atoms with E-state index < -0.39 is 22.4 Å². The molecule has 1 heterocycles. The summed E-state index contributed by atoms with van der Waals surface area (Å²) in [6.45, 7) is 0. The second-order valence-corrected chi connectivity index (χ2v) is 7.25. The van der Waals surface area contributed by atoms with E-state index in [9.17, 15) is 28.5 Å². The second-order valence-electron chi connectivity index (χ2n) is 7.25. The van der Waals surface area contributed by atoms with Gasteiger partial charge in [0.15, 0.2) is 0 Å². The average molecular weight is 480 g/mol. The van der Waals surface area contributed by atoms with E-state index in [2.05, 4.69) is 16.0 Å². The summed E-state index contributed by atoms with van der Waals surface area (Å²) in [6, 6.07) is 15.5. The third kappa shape index (κ3) is 5.06. The molecule has 1 N–H and O–H groups in total. The average Bonchev–Trinajstić information content (AvgIpc) is 3.26. The first kappa shape index (κ1) is 23.3. The number of imidazole rings is 1. The van der Waals surface area contributed by atoms with Gasteiger partial charge in [-0.25, -0.2) is 4.98 Å². The molecule has 0 radical (unpaired) electrons. The van der Waals surface area contributed by atoms with Crippen LogP contribution in [0.25, 0.3) is 22.7 Å². The molecule has 3 aromatic carbocycles. The predicted octanol–water partition coefficient (Wildman–Crippen LogP) is 6.35. The lowest BCUT2D eigenvalue weighted by atomic mass is 10.1. The van der Waals surface area contributed by atoms with Crippen molar-refractivity contribution in [2.45, 2.75) is 6.18 Å². The molecule has 0 fully saturated rings. The van der Waals surface area contributed by atoms with Gasteiger partial charge in [-0.3, -0.25) is 10.1 Å². The number of nitro benzene ring substituents is 1. The fraction of sp³-hybridized carbons (Fsp3) is 0.0833. The zero-order chi connectivity index (χ0) is 25.2. The topological polar surface area (TPSA) is 114 Å². The maximum absolute atomic E-state index is 12.9. The highest BCUT2D eigenvalue weighted by Gasteiger charge is 2.33. The van der Waals surface area contributed by atoms with Gasteiger partial charge in [-0.2, -0.15) is 18.4 Å². The van der Waals surface area contributed by atoms with Gasteiger partial charge < -0.3 is 14.5 Å². The molecule has 11 heteroatoms. The molecular weight excluding hydrogens is 465 g/mol. The van der Waals surface area contributed by atoms with Crippen LogP contribution in [0.1, 0.15) is 17.0 Å². The van der Waals surface area contributed by atoms with Gasteiger partial charge in [-0.05, 0) is 48.0 Å². The molecule has 0 atom stereocenters. The van der Waals surface area contributed by atoms with Crippen LogP contribution in [-0.2, 0) is 6.18 Å². The zero-order valence-corrected chi connectivity index (χ0v) is 18.0. The van der Waals surface area contributed by atoms with Crippen LogP contribution >= 0.6 is 0 Å². The largest absolute Gasteiger partial charge is 0.497 e. The van der Waals surface area contributed by atoms with Gasteiger partial charge in [0.05, 0.1) is 34.2 Å². The summed E-state index contributed by atoms with van der Waals surface area (Å²) in [5, 5.41) is 20.8. The normalized spacial score (nSPS) is 11.8. The van der Waals surface area contributed by atoms with Crippen LogP contribution in [0.4, 0.5) is 18.9 Å². The van der Waals surface area contributed by atoms with Crippen LogP contribution in [0.2, 0.25) is 0 Å². The smallest absolute Gasteiger partial charge is 0.416 e. The van der Waals surface area contributed by atoms with Crippen molar-refractivity contribution in [2.24, 2.45) is 0 Å². The van der Waals surface area contributed by atoms with Crippen molar-refractivity contribution in [1.82, 2.24) is 9.97 Å². The first-order valence-electron chi connectivity index (χ1n) is 9.97. The standard InChI is InChI=1S/C24H15F3N4O4/c1-34-18-7-8-19-20(12-18)30-23(29-19)15(13-28)10-14-2-5-17(6-3-14)35-22-9-4-16(24(25,26)27)11-21(22)31(32)33/h2-12H,1H3,(H,29,30)/b15-10+. The van der Waals surface area contributed by atoms with Gasteiger partial charge in [0.2, 0.25) is 5.75 Å². The highest BCUT2D eigenvalue weighted by Crippen LogP contribution is 2.38. The molecule has 0 aliphatic heterocycles. The summed E-state index contributed by atoms with van der Waals surface area (Å²) >= 11 is 0. The lowest BCUT2D eigenvalue weighted by Crippen LogP contribution is -2.06. The Bertz CT molecular complexity index is 1490. The van der Waals surface area contributed by atoms with Gasteiger partial charge in [0.1, 0.15) is 23.4 Å². The molecule has 0 saturated carbocycles. The number of halogens is 3. The Labute approximate surface area is 196 Å². The van der Waals surface area contributed by atoms with E-state index in [4.69, 9.17) is 9.47 Å². The predicted molar refractivity (Wildman–Crippen MR) is 121 cm³/mol. The first-order valence-corrected chi connectivity index (χ1v) is 9.97. The van der Waals surface area contributed by atoms with Crippen molar-refractivity contribution in [3.8, 4) is 23.3 Å². The minimum absolute atomic E-state index is 0.166. The Balaban J connectivity index is 1.58. The molecule has 0 saturated heterocycles. The summed E-state index contributed by atoms with van der Waals surface area (Å²) in [6.07, 6.45) is -3.14. The summed E-state index contributed by atoms with van der Waals surface area (Å²) < 4.78 is 49.3. The Morgan fingerprint density at radius 2 is 1.83 bits per heavy atom. The van der Waals surface area contributed by atoms with Crippen LogP contribution in [0.15, 0.2) is 60.7 Å². The fourth-order valence-electron chi connectivity index (χ4n) is 3.25. The molecule has 35 heavy (non-hydrogen) atoms. The van der Waals surface area contributed by atoms with Crippen molar-refractivity contribution in [2.75, 3.05) is 7.11 Å². The maximum Gasteiger partial charge on any atom is 0.416 e. The number of aromatic amines is 1. The number of alkyl halides is 3. The van der Waals surface area contributed by atoms with Gasteiger partial charge in [-0.1, -0.05) is 12.1 Å². The molecule has 0 spiro atoms. The highest BCUT2D eigenvalue weighted by molar-refractivity contribution is 5.90. The molecule has 4 aromatic rings. The Kier molecular flexibility index (Phi) is 6.12.